The number of nitro benzene ring substituents is 1. The Morgan fingerprint density at radius 1 is 1.18 bits per heavy atom. The summed E-state index contributed by atoms with van der Waals surface area (Å²) in [6.07, 6.45) is 2.47. The van der Waals surface area contributed by atoms with Crippen molar-refractivity contribution < 1.29 is 18.8 Å². The van der Waals surface area contributed by atoms with Crippen molar-refractivity contribution in [2.24, 2.45) is 0 Å². The SMILES string of the molecule is COc1ccc([N+](=O)[O-])c(/C(C#N)=C/c2coc3ccc(OC)cc3c2=O)c1. The summed E-state index contributed by atoms with van der Waals surface area (Å²) in [6, 6.07) is 10.7. The number of allylic oxidation sites excluding steroid dienone is 1. The second-order valence-corrected chi connectivity index (χ2v) is 5.69. The van der Waals surface area contributed by atoms with E-state index >= 15 is 0 Å². The van der Waals surface area contributed by atoms with E-state index in [4.69, 9.17) is 13.9 Å². The molecule has 0 fully saturated rings. The van der Waals surface area contributed by atoms with Crippen molar-refractivity contribution in [3.05, 3.63) is 74.1 Å². The molecule has 0 unspecified atom stereocenters. The minimum Gasteiger partial charge on any atom is -0.497 e. The van der Waals surface area contributed by atoms with Crippen molar-refractivity contribution in [1.29, 1.82) is 5.26 Å². The molecular formula is C20H14N2O6. The first-order chi connectivity index (χ1) is 13.5. The number of hydrogen-bond acceptors (Lipinski definition) is 7. The average Bonchev–Trinajstić information content (AvgIpc) is 2.72. The summed E-state index contributed by atoms with van der Waals surface area (Å²) >= 11 is 0. The van der Waals surface area contributed by atoms with Gasteiger partial charge in [-0.25, -0.2) is 0 Å². The van der Waals surface area contributed by atoms with Crippen LogP contribution in [0.3, 0.4) is 0 Å². The molecule has 0 saturated carbocycles. The Balaban J connectivity index is 2.22. The van der Waals surface area contributed by atoms with Gasteiger partial charge in [-0.15, -0.1) is 0 Å². The fourth-order valence-corrected chi connectivity index (χ4v) is 2.69. The summed E-state index contributed by atoms with van der Waals surface area (Å²) in [4.78, 5) is 23.5. The van der Waals surface area contributed by atoms with Gasteiger partial charge in [-0.3, -0.25) is 14.9 Å². The minimum atomic E-state index is -0.603. The number of benzene rings is 2. The van der Waals surface area contributed by atoms with E-state index in [1.807, 2.05) is 6.07 Å². The molecule has 1 aromatic heterocycles. The second kappa shape index (κ2) is 7.63. The van der Waals surface area contributed by atoms with Crippen LogP contribution in [0, 0.1) is 21.4 Å². The highest BCUT2D eigenvalue weighted by Crippen LogP contribution is 2.31. The maximum Gasteiger partial charge on any atom is 0.278 e. The predicted octanol–water partition coefficient (Wildman–Crippen LogP) is 3.78. The summed E-state index contributed by atoms with van der Waals surface area (Å²) in [6.45, 7) is 0. The number of hydrogen-bond donors (Lipinski definition) is 0. The molecule has 0 aliphatic rings. The van der Waals surface area contributed by atoms with E-state index in [9.17, 15) is 20.2 Å². The molecule has 0 aliphatic heterocycles. The van der Waals surface area contributed by atoms with Crippen molar-refractivity contribution in [3.8, 4) is 17.6 Å². The number of ether oxygens (including phenoxy) is 2. The van der Waals surface area contributed by atoms with E-state index in [1.54, 1.807) is 12.1 Å². The van der Waals surface area contributed by atoms with E-state index < -0.39 is 10.4 Å². The Morgan fingerprint density at radius 2 is 1.86 bits per heavy atom. The highest BCUT2D eigenvalue weighted by atomic mass is 16.6. The maximum absolute atomic E-state index is 12.8. The van der Waals surface area contributed by atoms with Gasteiger partial charge in [0.15, 0.2) is 5.43 Å². The Hall–Kier alpha value is -4.12. The van der Waals surface area contributed by atoms with E-state index in [-0.39, 0.29) is 27.8 Å². The molecule has 0 amide bonds. The third-order valence-electron chi connectivity index (χ3n) is 4.12. The number of fused-ring (bicyclic) bond motifs is 1. The molecule has 28 heavy (non-hydrogen) atoms. The Labute approximate surface area is 159 Å². The van der Waals surface area contributed by atoms with Crippen LogP contribution in [0.1, 0.15) is 11.1 Å². The molecule has 0 aliphatic carbocycles. The minimum absolute atomic E-state index is 0.0389. The zero-order valence-corrected chi connectivity index (χ0v) is 15.0. The van der Waals surface area contributed by atoms with Gasteiger partial charge in [0, 0.05) is 6.07 Å². The topological polar surface area (TPSA) is 116 Å². The van der Waals surface area contributed by atoms with Gasteiger partial charge < -0.3 is 13.9 Å². The van der Waals surface area contributed by atoms with Crippen molar-refractivity contribution >= 4 is 28.3 Å². The molecule has 3 rings (SSSR count). The van der Waals surface area contributed by atoms with E-state index in [2.05, 4.69) is 0 Å². The number of nitriles is 1. The van der Waals surface area contributed by atoms with Gasteiger partial charge in [0.1, 0.15) is 29.4 Å². The molecular weight excluding hydrogens is 364 g/mol. The first-order valence-electron chi connectivity index (χ1n) is 8.02. The van der Waals surface area contributed by atoms with Crippen molar-refractivity contribution in [3.63, 3.8) is 0 Å². The summed E-state index contributed by atoms with van der Waals surface area (Å²) in [5, 5.41) is 21.2. The number of nitro groups is 1. The number of nitrogens with zero attached hydrogens (tertiary/aromatic N) is 2. The van der Waals surface area contributed by atoms with Crippen LogP contribution in [-0.2, 0) is 0 Å². The zero-order valence-electron chi connectivity index (χ0n) is 15.0. The molecule has 8 heteroatoms. The predicted molar refractivity (Wildman–Crippen MR) is 102 cm³/mol. The van der Waals surface area contributed by atoms with Crippen molar-refractivity contribution in [2.45, 2.75) is 0 Å². The van der Waals surface area contributed by atoms with Crippen LogP contribution in [0.5, 0.6) is 11.5 Å². The van der Waals surface area contributed by atoms with Gasteiger partial charge in [-0.05, 0) is 36.4 Å². The van der Waals surface area contributed by atoms with E-state index in [1.165, 1.54) is 50.8 Å². The standard InChI is InChI=1S/C20H14N2O6/c1-26-14-3-5-18(22(24)25)16(8-14)12(10-21)7-13-11-28-19-6-4-15(27-2)9-17(19)20(13)23/h3-9,11H,1-2H3/b12-7+. The second-order valence-electron chi connectivity index (χ2n) is 5.69. The maximum atomic E-state index is 12.8. The highest BCUT2D eigenvalue weighted by Gasteiger charge is 2.19. The lowest BCUT2D eigenvalue weighted by molar-refractivity contribution is -0.385. The average molecular weight is 378 g/mol. The first-order valence-corrected chi connectivity index (χ1v) is 8.02. The molecule has 1 heterocycles. The van der Waals surface area contributed by atoms with Crippen LogP contribution in [0.2, 0.25) is 0 Å². The van der Waals surface area contributed by atoms with Gasteiger partial charge >= 0.3 is 0 Å². The van der Waals surface area contributed by atoms with Gasteiger partial charge in [-0.1, -0.05) is 0 Å². The lowest BCUT2D eigenvalue weighted by atomic mass is 10.0. The van der Waals surface area contributed by atoms with Crippen LogP contribution in [0.25, 0.3) is 22.6 Å². The Morgan fingerprint density at radius 3 is 2.50 bits per heavy atom. The van der Waals surface area contributed by atoms with Gasteiger partial charge in [0.25, 0.3) is 5.69 Å². The summed E-state index contributed by atoms with van der Waals surface area (Å²) in [7, 11) is 2.88. The fraction of sp³-hybridized carbons (Fsp3) is 0.100. The van der Waals surface area contributed by atoms with Gasteiger partial charge in [0.2, 0.25) is 0 Å². The quantitative estimate of drug-likeness (QED) is 0.377. The third kappa shape index (κ3) is 3.41. The molecule has 0 radical (unpaired) electrons. The normalized spacial score (nSPS) is 11.1. The zero-order chi connectivity index (χ0) is 20.3. The summed E-state index contributed by atoms with van der Waals surface area (Å²) in [5.74, 6) is 0.821. The summed E-state index contributed by atoms with van der Waals surface area (Å²) in [5.41, 5.74) is -0.265. The third-order valence-corrected chi connectivity index (χ3v) is 4.12. The molecule has 0 saturated heterocycles. The van der Waals surface area contributed by atoms with Gasteiger partial charge in [0.05, 0.1) is 41.2 Å². The monoisotopic (exact) mass is 378 g/mol. The molecule has 3 aromatic rings. The molecule has 0 bridgehead atoms. The first kappa shape index (κ1) is 18.7. The van der Waals surface area contributed by atoms with Crippen molar-refractivity contribution in [2.75, 3.05) is 14.2 Å². The Bertz CT molecular complexity index is 1200. The smallest absolute Gasteiger partial charge is 0.278 e. The summed E-state index contributed by atoms with van der Waals surface area (Å²) < 4.78 is 15.7. The van der Waals surface area contributed by atoms with E-state index in [0.29, 0.717) is 17.1 Å². The van der Waals surface area contributed by atoms with Crippen LogP contribution < -0.4 is 14.9 Å². The number of rotatable bonds is 5. The van der Waals surface area contributed by atoms with E-state index in [0.717, 1.165) is 0 Å². The van der Waals surface area contributed by atoms with Crippen LogP contribution in [0.15, 0.2) is 51.9 Å². The van der Waals surface area contributed by atoms with Gasteiger partial charge in [-0.2, -0.15) is 5.26 Å². The molecule has 140 valence electrons. The highest BCUT2D eigenvalue weighted by molar-refractivity contribution is 5.94. The lowest BCUT2D eigenvalue weighted by Crippen LogP contribution is -2.05. The van der Waals surface area contributed by atoms with Crippen LogP contribution in [-0.4, -0.2) is 19.1 Å². The van der Waals surface area contributed by atoms with Crippen LogP contribution in [0.4, 0.5) is 5.69 Å². The molecule has 0 atom stereocenters. The fourth-order valence-electron chi connectivity index (χ4n) is 2.69. The Kier molecular flexibility index (Phi) is 5.09. The molecule has 0 N–H and O–H groups in total. The molecule has 0 spiro atoms. The van der Waals surface area contributed by atoms with Crippen LogP contribution >= 0.6 is 0 Å². The number of methoxy groups -OCH3 is 2. The molecule has 2 aromatic carbocycles. The molecule has 8 nitrogen and oxygen atoms in total. The van der Waals surface area contributed by atoms with Crippen molar-refractivity contribution in [1.82, 2.24) is 0 Å². The lowest BCUT2D eigenvalue weighted by Gasteiger charge is -2.06. The largest absolute Gasteiger partial charge is 0.497 e.